The third kappa shape index (κ3) is 2.79. The molecule has 1 saturated carbocycles. The van der Waals surface area contributed by atoms with Gasteiger partial charge in [0.15, 0.2) is 0 Å². The van der Waals surface area contributed by atoms with Crippen molar-refractivity contribution in [2.75, 3.05) is 4.90 Å². The van der Waals surface area contributed by atoms with Crippen LogP contribution in [0.2, 0.25) is 0 Å². The van der Waals surface area contributed by atoms with Crippen LogP contribution in [-0.4, -0.2) is 11.0 Å². The Morgan fingerprint density at radius 2 is 2.26 bits per heavy atom. The summed E-state index contributed by atoms with van der Waals surface area (Å²) in [6.07, 6.45) is 6.05. The predicted octanol–water partition coefficient (Wildman–Crippen LogP) is 2.86. The van der Waals surface area contributed by atoms with Crippen LogP contribution in [0.25, 0.3) is 0 Å². The molecule has 0 radical (unpaired) electrons. The number of nitrogens with zero attached hydrogens (tertiary/aromatic N) is 2. The Morgan fingerprint density at radius 3 is 2.79 bits per heavy atom. The van der Waals surface area contributed by atoms with E-state index in [0.717, 1.165) is 23.7 Å². The molecule has 1 fully saturated rings. The van der Waals surface area contributed by atoms with E-state index in [-0.39, 0.29) is 6.04 Å². The van der Waals surface area contributed by atoms with Crippen LogP contribution in [0.5, 0.6) is 0 Å². The molecule has 0 saturated heterocycles. The largest absolute Gasteiger partial charge is 0.467 e. The van der Waals surface area contributed by atoms with Crippen molar-refractivity contribution in [3.05, 3.63) is 48.0 Å². The van der Waals surface area contributed by atoms with Crippen LogP contribution >= 0.6 is 0 Å². The highest BCUT2D eigenvalue weighted by Gasteiger charge is 2.30. The minimum Gasteiger partial charge on any atom is -0.467 e. The minimum atomic E-state index is 0.0287. The van der Waals surface area contributed by atoms with E-state index in [0.29, 0.717) is 6.04 Å². The number of aromatic nitrogens is 1. The number of hydrogen-bond donors (Lipinski definition) is 1. The summed E-state index contributed by atoms with van der Waals surface area (Å²) in [5, 5.41) is 0. The van der Waals surface area contributed by atoms with E-state index in [2.05, 4.69) is 22.0 Å². The zero-order valence-corrected chi connectivity index (χ0v) is 11.1. The molecule has 1 atom stereocenters. The standard InChI is InChI=1S/C15H19N3O/c1-11(16)12-4-7-15(17-9-12)18(13-5-6-13)10-14-3-2-8-19-14/h2-4,7-9,11,13H,5-6,10,16H2,1H3/t11-/m1/s1. The van der Waals surface area contributed by atoms with Gasteiger partial charge >= 0.3 is 0 Å². The second-order valence-corrected chi connectivity index (χ2v) is 5.18. The number of hydrogen-bond acceptors (Lipinski definition) is 4. The lowest BCUT2D eigenvalue weighted by molar-refractivity contribution is 0.500. The van der Waals surface area contributed by atoms with Crippen molar-refractivity contribution >= 4 is 5.82 Å². The third-order valence-electron chi connectivity index (χ3n) is 3.48. The smallest absolute Gasteiger partial charge is 0.129 e. The van der Waals surface area contributed by atoms with Gasteiger partial charge in [-0.15, -0.1) is 0 Å². The SMILES string of the molecule is C[C@@H](N)c1ccc(N(Cc2ccco2)C2CC2)nc1. The van der Waals surface area contributed by atoms with Crippen molar-refractivity contribution in [1.82, 2.24) is 4.98 Å². The molecule has 2 aromatic heterocycles. The molecule has 1 aliphatic rings. The first-order chi connectivity index (χ1) is 9.24. The van der Waals surface area contributed by atoms with Crippen molar-refractivity contribution in [2.45, 2.75) is 38.4 Å². The van der Waals surface area contributed by atoms with Gasteiger partial charge in [0.2, 0.25) is 0 Å². The molecule has 0 amide bonds. The van der Waals surface area contributed by atoms with E-state index in [1.54, 1.807) is 6.26 Å². The second-order valence-electron chi connectivity index (χ2n) is 5.18. The Labute approximate surface area is 113 Å². The highest BCUT2D eigenvalue weighted by molar-refractivity contribution is 5.43. The molecule has 100 valence electrons. The quantitative estimate of drug-likeness (QED) is 0.894. The fraction of sp³-hybridized carbons (Fsp3) is 0.400. The average Bonchev–Trinajstić information content (AvgIpc) is 3.13. The van der Waals surface area contributed by atoms with Gasteiger partial charge in [0.05, 0.1) is 12.8 Å². The molecular weight excluding hydrogens is 238 g/mol. The summed E-state index contributed by atoms with van der Waals surface area (Å²) in [6.45, 7) is 2.75. The molecule has 0 bridgehead atoms. The monoisotopic (exact) mass is 257 g/mol. The molecular formula is C15H19N3O. The maximum Gasteiger partial charge on any atom is 0.129 e. The van der Waals surface area contributed by atoms with Gasteiger partial charge in [0.25, 0.3) is 0 Å². The molecule has 3 rings (SSSR count). The number of rotatable bonds is 5. The van der Waals surface area contributed by atoms with Crippen LogP contribution in [0.3, 0.4) is 0 Å². The fourth-order valence-corrected chi connectivity index (χ4v) is 2.19. The van der Waals surface area contributed by atoms with Gasteiger partial charge in [-0.1, -0.05) is 6.07 Å². The summed E-state index contributed by atoms with van der Waals surface area (Å²) in [4.78, 5) is 6.86. The van der Waals surface area contributed by atoms with Crippen molar-refractivity contribution in [3.63, 3.8) is 0 Å². The van der Waals surface area contributed by atoms with Gasteiger partial charge in [0.1, 0.15) is 11.6 Å². The predicted molar refractivity (Wildman–Crippen MR) is 74.8 cm³/mol. The molecule has 19 heavy (non-hydrogen) atoms. The Bertz CT molecular complexity index is 515. The molecule has 4 nitrogen and oxygen atoms in total. The summed E-state index contributed by atoms with van der Waals surface area (Å²) in [7, 11) is 0. The molecule has 2 N–H and O–H groups in total. The number of furan rings is 1. The number of anilines is 1. The van der Waals surface area contributed by atoms with E-state index in [9.17, 15) is 0 Å². The van der Waals surface area contributed by atoms with E-state index >= 15 is 0 Å². The second kappa shape index (κ2) is 5.05. The fourth-order valence-electron chi connectivity index (χ4n) is 2.19. The number of pyridine rings is 1. The summed E-state index contributed by atoms with van der Waals surface area (Å²) < 4.78 is 5.44. The Hall–Kier alpha value is -1.81. The number of nitrogens with two attached hydrogens (primary N) is 1. The first-order valence-electron chi connectivity index (χ1n) is 6.74. The van der Waals surface area contributed by atoms with Gasteiger partial charge in [-0.25, -0.2) is 4.98 Å². The Kier molecular flexibility index (Phi) is 3.25. The van der Waals surface area contributed by atoms with Crippen LogP contribution in [-0.2, 0) is 6.54 Å². The lowest BCUT2D eigenvalue weighted by Gasteiger charge is -2.22. The molecule has 0 unspecified atom stereocenters. The highest BCUT2D eigenvalue weighted by atomic mass is 16.3. The lowest BCUT2D eigenvalue weighted by Crippen LogP contribution is -2.25. The van der Waals surface area contributed by atoms with Crippen LogP contribution < -0.4 is 10.6 Å². The van der Waals surface area contributed by atoms with Crippen LogP contribution in [0.1, 0.15) is 37.1 Å². The lowest BCUT2D eigenvalue weighted by atomic mass is 10.1. The van der Waals surface area contributed by atoms with Gasteiger partial charge in [-0.2, -0.15) is 0 Å². The third-order valence-corrected chi connectivity index (χ3v) is 3.48. The van der Waals surface area contributed by atoms with Crippen LogP contribution in [0, 0.1) is 0 Å². The maximum atomic E-state index is 5.85. The molecule has 0 aliphatic heterocycles. The molecule has 2 aromatic rings. The van der Waals surface area contributed by atoms with Gasteiger partial charge in [-0.05, 0) is 43.5 Å². The van der Waals surface area contributed by atoms with E-state index < -0.39 is 0 Å². The summed E-state index contributed by atoms with van der Waals surface area (Å²) >= 11 is 0. The van der Waals surface area contributed by atoms with E-state index in [1.807, 2.05) is 25.3 Å². The highest BCUT2D eigenvalue weighted by Crippen LogP contribution is 2.32. The van der Waals surface area contributed by atoms with E-state index in [1.165, 1.54) is 12.8 Å². The topological polar surface area (TPSA) is 55.3 Å². The Morgan fingerprint density at radius 1 is 1.42 bits per heavy atom. The van der Waals surface area contributed by atoms with Crippen molar-refractivity contribution < 1.29 is 4.42 Å². The van der Waals surface area contributed by atoms with Crippen LogP contribution in [0.4, 0.5) is 5.82 Å². The maximum absolute atomic E-state index is 5.85. The summed E-state index contributed by atoms with van der Waals surface area (Å²) in [5.74, 6) is 1.98. The first-order valence-corrected chi connectivity index (χ1v) is 6.74. The molecule has 4 heteroatoms. The van der Waals surface area contributed by atoms with Crippen molar-refractivity contribution in [2.24, 2.45) is 5.73 Å². The van der Waals surface area contributed by atoms with Gasteiger partial charge < -0.3 is 15.1 Å². The average molecular weight is 257 g/mol. The summed E-state index contributed by atoms with van der Waals surface area (Å²) in [5.41, 5.74) is 6.92. The van der Waals surface area contributed by atoms with Crippen LogP contribution in [0.15, 0.2) is 41.1 Å². The molecule has 1 aliphatic carbocycles. The van der Waals surface area contributed by atoms with Crippen molar-refractivity contribution in [3.8, 4) is 0 Å². The van der Waals surface area contributed by atoms with Gasteiger partial charge in [-0.3, -0.25) is 0 Å². The molecule has 2 heterocycles. The Balaban J connectivity index is 1.79. The van der Waals surface area contributed by atoms with Gasteiger partial charge in [0, 0.05) is 18.3 Å². The summed E-state index contributed by atoms with van der Waals surface area (Å²) in [6, 6.07) is 8.67. The zero-order chi connectivity index (χ0) is 13.2. The molecule has 0 aromatic carbocycles. The molecule has 0 spiro atoms. The minimum absolute atomic E-state index is 0.0287. The first kappa shape index (κ1) is 12.2. The zero-order valence-electron chi connectivity index (χ0n) is 11.1. The normalized spacial score (nSPS) is 16.3. The van der Waals surface area contributed by atoms with Crippen molar-refractivity contribution in [1.29, 1.82) is 0 Å². The van der Waals surface area contributed by atoms with E-state index in [4.69, 9.17) is 10.2 Å².